The fourth-order valence-electron chi connectivity index (χ4n) is 1.67. The highest BCUT2D eigenvalue weighted by Crippen LogP contribution is 2.07. The number of nitrogens with one attached hydrogen (secondary N) is 1. The Morgan fingerprint density at radius 1 is 1.58 bits per heavy atom. The minimum Gasteiger partial charge on any atom is -0.478 e. The standard InChI is InChI=1S/C12H20N4O3/c1-5-15(3)11(17)8(2)13-7-10-9(12(18)19)6-14-16(10)4/h6,8,13H,5,7H2,1-4H3,(H,18,19). The molecular formula is C12H20N4O3. The lowest BCUT2D eigenvalue weighted by Crippen LogP contribution is -2.43. The third-order valence-electron chi connectivity index (χ3n) is 3.09. The molecular weight excluding hydrogens is 248 g/mol. The molecule has 0 aromatic carbocycles. The van der Waals surface area contributed by atoms with E-state index in [0.29, 0.717) is 12.2 Å². The predicted octanol–water partition coefficient (Wildman–Crippen LogP) is 0.0747. The summed E-state index contributed by atoms with van der Waals surface area (Å²) in [4.78, 5) is 24.5. The molecule has 19 heavy (non-hydrogen) atoms. The van der Waals surface area contributed by atoms with Gasteiger partial charge in [-0.1, -0.05) is 0 Å². The molecule has 1 rings (SSSR count). The van der Waals surface area contributed by atoms with E-state index in [-0.39, 0.29) is 24.1 Å². The third-order valence-corrected chi connectivity index (χ3v) is 3.09. The van der Waals surface area contributed by atoms with Crippen LogP contribution in [-0.4, -0.2) is 51.3 Å². The Balaban J connectivity index is 2.69. The smallest absolute Gasteiger partial charge is 0.339 e. The van der Waals surface area contributed by atoms with Crippen molar-refractivity contribution in [1.29, 1.82) is 0 Å². The van der Waals surface area contributed by atoms with E-state index in [1.807, 2.05) is 6.92 Å². The topological polar surface area (TPSA) is 87.5 Å². The predicted molar refractivity (Wildman–Crippen MR) is 69.8 cm³/mol. The molecule has 1 aromatic heterocycles. The number of carboxylic acids is 1. The van der Waals surface area contributed by atoms with Gasteiger partial charge >= 0.3 is 5.97 Å². The maximum absolute atomic E-state index is 11.9. The number of aromatic nitrogens is 2. The average molecular weight is 268 g/mol. The van der Waals surface area contributed by atoms with Gasteiger partial charge in [-0.15, -0.1) is 0 Å². The summed E-state index contributed by atoms with van der Waals surface area (Å²) >= 11 is 0. The Morgan fingerprint density at radius 2 is 2.21 bits per heavy atom. The van der Waals surface area contributed by atoms with Gasteiger partial charge < -0.3 is 15.3 Å². The van der Waals surface area contributed by atoms with Gasteiger partial charge in [-0.25, -0.2) is 4.79 Å². The summed E-state index contributed by atoms with van der Waals surface area (Å²) in [5.74, 6) is -1.05. The SMILES string of the molecule is CCN(C)C(=O)C(C)NCc1c(C(=O)O)cnn1C. The third kappa shape index (κ3) is 3.54. The largest absolute Gasteiger partial charge is 0.478 e. The van der Waals surface area contributed by atoms with Gasteiger partial charge in [-0.3, -0.25) is 9.48 Å². The quantitative estimate of drug-likeness (QED) is 0.762. The lowest BCUT2D eigenvalue weighted by atomic mass is 10.2. The molecule has 0 aliphatic rings. The van der Waals surface area contributed by atoms with Gasteiger partial charge in [0.25, 0.3) is 0 Å². The minimum absolute atomic E-state index is 0.0263. The molecule has 7 nitrogen and oxygen atoms in total. The van der Waals surface area contributed by atoms with E-state index in [0.717, 1.165) is 0 Å². The number of carboxylic acid groups (broad SMARTS) is 1. The van der Waals surface area contributed by atoms with E-state index >= 15 is 0 Å². The lowest BCUT2D eigenvalue weighted by molar-refractivity contribution is -0.131. The first-order valence-corrected chi connectivity index (χ1v) is 6.11. The number of aryl methyl sites for hydroxylation is 1. The second-order valence-corrected chi connectivity index (χ2v) is 4.39. The van der Waals surface area contributed by atoms with Crippen molar-refractivity contribution in [2.45, 2.75) is 26.4 Å². The molecule has 0 spiro atoms. The molecule has 1 amide bonds. The van der Waals surface area contributed by atoms with Gasteiger partial charge in [0.15, 0.2) is 0 Å². The molecule has 0 fully saturated rings. The minimum atomic E-state index is -1.02. The van der Waals surface area contributed by atoms with Crippen molar-refractivity contribution in [2.75, 3.05) is 13.6 Å². The van der Waals surface area contributed by atoms with Crippen LogP contribution in [0.1, 0.15) is 29.9 Å². The van der Waals surface area contributed by atoms with Crippen LogP contribution < -0.4 is 5.32 Å². The van der Waals surface area contributed by atoms with E-state index in [2.05, 4.69) is 10.4 Å². The van der Waals surface area contributed by atoms with Crippen LogP contribution in [0.3, 0.4) is 0 Å². The van der Waals surface area contributed by atoms with Crippen LogP contribution in [0.15, 0.2) is 6.20 Å². The average Bonchev–Trinajstić information content (AvgIpc) is 2.75. The van der Waals surface area contributed by atoms with Crippen LogP contribution in [0.5, 0.6) is 0 Å². The summed E-state index contributed by atoms with van der Waals surface area (Å²) < 4.78 is 1.50. The zero-order valence-electron chi connectivity index (χ0n) is 11.7. The highest BCUT2D eigenvalue weighted by atomic mass is 16.4. The Labute approximate surface area is 112 Å². The van der Waals surface area contributed by atoms with Crippen molar-refractivity contribution < 1.29 is 14.7 Å². The summed E-state index contributed by atoms with van der Waals surface area (Å²) in [6.07, 6.45) is 1.31. The molecule has 1 unspecified atom stereocenters. The van der Waals surface area contributed by atoms with E-state index < -0.39 is 5.97 Å². The molecule has 2 N–H and O–H groups in total. The summed E-state index contributed by atoms with van der Waals surface area (Å²) in [7, 11) is 3.40. The normalized spacial score (nSPS) is 12.2. The number of nitrogens with zero attached hydrogens (tertiary/aromatic N) is 3. The Hall–Kier alpha value is -1.89. The molecule has 1 heterocycles. The number of hydrogen-bond acceptors (Lipinski definition) is 4. The summed E-state index contributed by atoms with van der Waals surface area (Å²) in [5.41, 5.74) is 0.699. The van der Waals surface area contributed by atoms with Gasteiger partial charge in [0.1, 0.15) is 5.56 Å². The van der Waals surface area contributed by atoms with Crippen LogP contribution in [-0.2, 0) is 18.4 Å². The molecule has 0 saturated carbocycles. The van der Waals surface area contributed by atoms with E-state index in [1.165, 1.54) is 10.9 Å². The molecule has 106 valence electrons. The molecule has 0 saturated heterocycles. The second-order valence-electron chi connectivity index (χ2n) is 4.39. The number of hydrogen-bond donors (Lipinski definition) is 2. The second kappa shape index (κ2) is 6.33. The highest BCUT2D eigenvalue weighted by Gasteiger charge is 2.19. The van der Waals surface area contributed by atoms with E-state index in [1.54, 1.807) is 25.9 Å². The first-order valence-electron chi connectivity index (χ1n) is 6.11. The Morgan fingerprint density at radius 3 is 2.74 bits per heavy atom. The molecule has 0 aliphatic carbocycles. The zero-order chi connectivity index (χ0) is 14.6. The first-order chi connectivity index (χ1) is 8.88. The molecule has 0 aliphatic heterocycles. The van der Waals surface area contributed by atoms with Gasteiger partial charge in [0.2, 0.25) is 5.91 Å². The maximum atomic E-state index is 11.9. The fourth-order valence-corrected chi connectivity index (χ4v) is 1.67. The first kappa shape index (κ1) is 15.2. The molecule has 0 bridgehead atoms. The van der Waals surface area contributed by atoms with Crippen LogP contribution in [0.25, 0.3) is 0 Å². The van der Waals surface area contributed by atoms with Crippen LogP contribution in [0.4, 0.5) is 0 Å². The van der Waals surface area contributed by atoms with E-state index in [4.69, 9.17) is 5.11 Å². The Bertz CT molecular complexity index is 470. The van der Waals surface area contributed by atoms with Crippen molar-refractivity contribution in [2.24, 2.45) is 7.05 Å². The van der Waals surface area contributed by atoms with E-state index in [9.17, 15) is 9.59 Å². The molecule has 7 heteroatoms. The Kier molecular flexibility index (Phi) is 5.05. The number of amides is 1. The zero-order valence-corrected chi connectivity index (χ0v) is 11.7. The van der Waals surface area contributed by atoms with Gasteiger partial charge in [0.05, 0.1) is 17.9 Å². The van der Waals surface area contributed by atoms with Crippen LogP contribution >= 0.6 is 0 Å². The number of aromatic carboxylic acids is 1. The molecule has 0 radical (unpaired) electrons. The van der Waals surface area contributed by atoms with Crippen molar-refractivity contribution in [3.8, 4) is 0 Å². The summed E-state index contributed by atoms with van der Waals surface area (Å²) in [6.45, 7) is 4.57. The highest BCUT2D eigenvalue weighted by molar-refractivity contribution is 5.88. The summed E-state index contributed by atoms with van der Waals surface area (Å²) in [6, 6.07) is -0.374. The monoisotopic (exact) mass is 268 g/mol. The number of likely N-dealkylation sites (N-methyl/N-ethyl adjacent to an activating group) is 1. The molecule has 1 aromatic rings. The van der Waals surface area contributed by atoms with Gasteiger partial charge in [-0.2, -0.15) is 5.10 Å². The fraction of sp³-hybridized carbons (Fsp3) is 0.583. The van der Waals surface area contributed by atoms with Crippen molar-refractivity contribution >= 4 is 11.9 Å². The maximum Gasteiger partial charge on any atom is 0.339 e. The van der Waals surface area contributed by atoms with Crippen molar-refractivity contribution in [1.82, 2.24) is 20.0 Å². The van der Waals surface area contributed by atoms with Crippen molar-refractivity contribution in [3.05, 3.63) is 17.5 Å². The lowest BCUT2D eigenvalue weighted by Gasteiger charge is -2.20. The van der Waals surface area contributed by atoms with Gasteiger partial charge in [-0.05, 0) is 13.8 Å². The number of carbonyl (C=O) groups is 2. The number of rotatable bonds is 6. The van der Waals surface area contributed by atoms with Gasteiger partial charge in [0, 0.05) is 27.2 Å². The van der Waals surface area contributed by atoms with Crippen LogP contribution in [0, 0.1) is 0 Å². The summed E-state index contributed by atoms with van der Waals surface area (Å²) in [5, 5.41) is 16.0. The van der Waals surface area contributed by atoms with Crippen LogP contribution in [0.2, 0.25) is 0 Å². The molecule has 1 atom stereocenters. The number of carbonyl (C=O) groups excluding carboxylic acids is 1. The van der Waals surface area contributed by atoms with Crippen molar-refractivity contribution in [3.63, 3.8) is 0 Å².